The molecule has 11 nitrogen and oxygen atoms in total. The third-order valence-corrected chi connectivity index (χ3v) is 7.28. The van der Waals surface area contributed by atoms with Crippen molar-refractivity contribution < 1.29 is 28.7 Å². The van der Waals surface area contributed by atoms with Crippen molar-refractivity contribution in [1.82, 2.24) is 26.1 Å². The number of amides is 3. The number of pyridine rings is 1. The number of rotatable bonds is 15. The summed E-state index contributed by atoms with van der Waals surface area (Å²) in [4.78, 5) is 56.6. The average Bonchev–Trinajstić information content (AvgIpc) is 3.10. The zero-order valence-corrected chi connectivity index (χ0v) is 26.9. The van der Waals surface area contributed by atoms with Crippen molar-refractivity contribution >= 4 is 23.9 Å². The van der Waals surface area contributed by atoms with Gasteiger partial charge >= 0.3 is 12.2 Å². The second-order valence-electron chi connectivity index (χ2n) is 11.1. The number of benzene rings is 3. The molecule has 248 valence electrons. The summed E-state index contributed by atoms with van der Waals surface area (Å²) in [6, 6.07) is 29.5. The molecule has 1 aromatic heterocycles. The van der Waals surface area contributed by atoms with Gasteiger partial charge in [-0.2, -0.15) is 0 Å². The highest BCUT2D eigenvalue weighted by Crippen LogP contribution is 2.18. The van der Waals surface area contributed by atoms with Crippen LogP contribution in [-0.2, 0) is 38.6 Å². The van der Waals surface area contributed by atoms with Crippen LogP contribution in [0.4, 0.5) is 9.59 Å². The Bertz CT molecular complexity index is 1670. The summed E-state index contributed by atoms with van der Waals surface area (Å²) in [6.45, 7) is 5.28. The maximum atomic E-state index is 13.9. The molecule has 0 spiro atoms. The van der Waals surface area contributed by atoms with E-state index in [0.717, 1.165) is 27.9 Å². The summed E-state index contributed by atoms with van der Waals surface area (Å²) >= 11 is 0. The van der Waals surface area contributed by atoms with Gasteiger partial charge in [-0.15, -0.1) is 0 Å². The predicted molar refractivity (Wildman–Crippen MR) is 181 cm³/mol. The number of aromatic nitrogens is 1. The maximum absolute atomic E-state index is 13.9. The van der Waals surface area contributed by atoms with Crippen LogP contribution in [0.15, 0.2) is 121 Å². The zero-order chi connectivity index (χ0) is 34.3. The fourth-order valence-corrected chi connectivity index (χ4v) is 4.78. The predicted octanol–water partition coefficient (Wildman–Crippen LogP) is 4.99. The molecule has 0 saturated carbocycles. The zero-order valence-electron chi connectivity index (χ0n) is 26.9. The molecule has 0 radical (unpaired) electrons. The van der Waals surface area contributed by atoms with Gasteiger partial charge in [-0.25, -0.2) is 14.6 Å². The van der Waals surface area contributed by atoms with Gasteiger partial charge in [0, 0.05) is 18.3 Å². The van der Waals surface area contributed by atoms with Crippen molar-refractivity contribution in [1.29, 1.82) is 0 Å². The average molecular weight is 650 g/mol. The van der Waals surface area contributed by atoms with E-state index < -0.39 is 30.2 Å². The first-order valence-electron chi connectivity index (χ1n) is 15.3. The molecule has 1 heterocycles. The van der Waals surface area contributed by atoms with Crippen molar-refractivity contribution in [2.75, 3.05) is 13.7 Å². The largest absolute Gasteiger partial charge is 0.453 e. The summed E-state index contributed by atoms with van der Waals surface area (Å²) < 4.78 is 10.1. The van der Waals surface area contributed by atoms with E-state index in [-0.39, 0.29) is 31.9 Å². The third kappa shape index (κ3) is 10.9. The van der Waals surface area contributed by atoms with Gasteiger partial charge in [0.15, 0.2) is 5.78 Å². The number of ether oxygens (including phenoxy) is 2. The number of ketones is 1. The summed E-state index contributed by atoms with van der Waals surface area (Å²) in [7, 11) is 1.19. The van der Waals surface area contributed by atoms with Gasteiger partial charge in [0.1, 0.15) is 12.6 Å². The van der Waals surface area contributed by atoms with Gasteiger partial charge in [-0.05, 0) is 47.7 Å². The van der Waals surface area contributed by atoms with Gasteiger partial charge in [-0.1, -0.05) is 97.6 Å². The summed E-state index contributed by atoms with van der Waals surface area (Å²) in [5.74, 6) is -1.01. The number of carbonyl (C=O) groups is 4. The molecular formula is C37H39N5O6. The van der Waals surface area contributed by atoms with Crippen LogP contribution < -0.4 is 16.1 Å². The highest BCUT2D eigenvalue weighted by atomic mass is 16.5. The van der Waals surface area contributed by atoms with Crippen LogP contribution in [0.1, 0.15) is 23.6 Å². The quantitative estimate of drug-likeness (QED) is 0.121. The highest BCUT2D eigenvalue weighted by Gasteiger charge is 2.28. The lowest BCUT2D eigenvalue weighted by Gasteiger charge is -2.28. The third-order valence-electron chi connectivity index (χ3n) is 7.28. The second kappa shape index (κ2) is 17.8. The SMILES string of the molecule is C=C(C)[C@@H](NC(=O)OC)C(=O)NN(CC(=O)[C@H](Cc1ccccc1)NC(=O)OCc1ccccc1)Cc1ccc(-c2ccccn2)cc1. The Hall–Kier alpha value is -5.81. The summed E-state index contributed by atoms with van der Waals surface area (Å²) in [5.41, 5.74) is 7.22. The smallest absolute Gasteiger partial charge is 0.408 e. The fraction of sp³-hybridized carbons (Fsp3) is 0.216. The number of alkyl carbamates (subject to hydrolysis) is 2. The molecule has 4 aromatic rings. The van der Waals surface area contributed by atoms with E-state index in [2.05, 4.69) is 32.4 Å². The van der Waals surface area contributed by atoms with Gasteiger partial charge in [0.25, 0.3) is 5.91 Å². The van der Waals surface area contributed by atoms with Crippen LogP contribution in [0.3, 0.4) is 0 Å². The first kappa shape index (κ1) is 35.1. The number of hydrazine groups is 1. The molecule has 0 bridgehead atoms. The lowest BCUT2D eigenvalue weighted by Crippen LogP contribution is -2.55. The molecule has 11 heteroatoms. The molecule has 2 atom stereocenters. The highest BCUT2D eigenvalue weighted by molar-refractivity contribution is 5.91. The number of methoxy groups -OCH3 is 1. The van der Waals surface area contributed by atoms with Crippen molar-refractivity contribution in [3.8, 4) is 11.3 Å². The molecule has 0 aliphatic heterocycles. The van der Waals surface area contributed by atoms with Crippen LogP contribution in [0, 0.1) is 0 Å². The Kier molecular flexibility index (Phi) is 13.0. The van der Waals surface area contributed by atoms with E-state index in [1.807, 2.05) is 103 Å². The van der Waals surface area contributed by atoms with Gasteiger partial charge in [0.2, 0.25) is 0 Å². The van der Waals surface area contributed by atoms with E-state index >= 15 is 0 Å². The van der Waals surface area contributed by atoms with Gasteiger partial charge < -0.3 is 20.1 Å². The van der Waals surface area contributed by atoms with Gasteiger partial charge in [0.05, 0.1) is 25.4 Å². The molecular weight excluding hydrogens is 610 g/mol. The molecule has 48 heavy (non-hydrogen) atoms. The van der Waals surface area contributed by atoms with E-state index in [9.17, 15) is 19.2 Å². The topological polar surface area (TPSA) is 139 Å². The molecule has 3 N–H and O–H groups in total. The Balaban J connectivity index is 1.55. The Morgan fingerprint density at radius 3 is 2.04 bits per heavy atom. The van der Waals surface area contributed by atoms with Gasteiger partial charge in [-0.3, -0.25) is 20.0 Å². The van der Waals surface area contributed by atoms with Crippen LogP contribution in [0.25, 0.3) is 11.3 Å². The van der Waals surface area contributed by atoms with E-state index in [1.165, 1.54) is 12.1 Å². The monoisotopic (exact) mass is 649 g/mol. The number of nitrogens with zero attached hydrogens (tertiary/aromatic N) is 2. The molecule has 0 fully saturated rings. The fourth-order valence-electron chi connectivity index (χ4n) is 4.78. The Morgan fingerprint density at radius 2 is 1.44 bits per heavy atom. The lowest BCUT2D eigenvalue weighted by molar-refractivity contribution is -0.130. The number of carbonyl (C=O) groups excluding carboxylic acids is 4. The number of Topliss-reactive ketones (excluding diaryl/α,β-unsaturated/α-hetero) is 1. The first-order chi connectivity index (χ1) is 23.2. The second-order valence-corrected chi connectivity index (χ2v) is 11.1. The standard InChI is InChI=1S/C37H39N5O6/c1-26(2)34(40-36(45)47-3)35(44)41-42(23-28-17-19-30(20-18-28)31-16-10-11-21-38-31)24-33(43)32(22-27-12-6-4-7-13-27)39-37(46)48-25-29-14-8-5-9-15-29/h4-21,32,34H,1,22-25H2,2-3H3,(H,39,46)(H,40,45)(H,41,44)/t32-,34+/m0/s1. The summed E-state index contributed by atoms with van der Waals surface area (Å²) in [5, 5.41) is 6.61. The van der Waals surface area contributed by atoms with Crippen LogP contribution in [0.5, 0.6) is 0 Å². The summed E-state index contributed by atoms with van der Waals surface area (Å²) in [6.07, 6.45) is 0.341. The minimum atomic E-state index is -1.13. The molecule has 0 aliphatic carbocycles. The molecule has 3 aromatic carbocycles. The molecule has 0 saturated heterocycles. The molecule has 0 aliphatic rings. The van der Waals surface area contributed by atoms with Crippen LogP contribution in [0.2, 0.25) is 0 Å². The van der Waals surface area contributed by atoms with Crippen LogP contribution >= 0.6 is 0 Å². The number of hydrogen-bond donors (Lipinski definition) is 3. The van der Waals surface area contributed by atoms with Crippen molar-refractivity contribution in [3.63, 3.8) is 0 Å². The van der Waals surface area contributed by atoms with Crippen LogP contribution in [-0.4, -0.2) is 59.6 Å². The molecule has 4 rings (SSSR count). The lowest BCUT2D eigenvalue weighted by atomic mass is 10.0. The van der Waals surface area contributed by atoms with E-state index in [1.54, 1.807) is 13.1 Å². The maximum Gasteiger partial charge on any atom is 0.408 e. The van der Waals surface area contributed by atoms with Crippen molar-refractivity contribution in [2.45, 2.75) is 38.6 Å². The Morgan fingerprint density at radius 1 is 0.792 bits per heavy atom. The molecule has 3 amide bonds. The first-order valence-corrected chi connectivity index (χ1v) is 15.3. The van der Waals surface area contributed by atoms with E-state index in [4.69, 9.17) is 4.74 Å². The van der Waals surface area contributed by atoms with Crippen molar-refractivity contribution in [3.05, 3.63) is 138 Å². The Labute approximate surface area is 279 Å². The number of hydrogen-bond acceptors (Lipinski definition) is 8. The minimum Gasteiger partial charge on any atom is -0.453 e. The minimum absolute atomic E-state index is 0.0328. The molecule has 0 unspecified atom stereocenters. The van der Waals surface area contributed by atoms with E-state index in [0.29, 0.717) is 5.57 Å². The number of nitrogens with one attached hydrogen (secondary N) is 3. The normalized spacial score (nSPS) is 11.9. The van der Waals surface area contributed by atoms with Crippen molar-refractivity contribution in [2.24, 2.45) is 0 Å².